The first-order chi connectivity index (χ1) is 10.4. The number of nitrogens with zero attached hydrogens (tertiary/aromatic N) is 3. The molecule has 0 spiro atoms. The van der Waals surface area contributed by atoms with Gasteiger partial charge in [0.1, 0.15) is 11.0 Å². The normalized spacial score (nSPS) is 10.2. The first kappa shape index (κ1) is 16.1. The summed E-state index contributed by atoms with van der Waals surface area (Å²) in [6.45, 7) is 0. The summed E-state index contributed by atoms with van der Waals surface area (Å²) in [5, 5.41) is 3.15. The van der Waals surface area contributed by atoms with E-state index >= 15 is 0 Å². The van der Waals surface area contributed by atoms with Crippen molar-refractivity contribution < 1.29 is 4.79 Å². The van der Waals surface area contributed by atoms with Crippen LogP contribution in [0.15, 0.2) is 36.4 Å². The summed E-state index contributed by atoms with van der Waals surface area (Å²) >= 11 is 5.97. The minimum absolute atomic E-state index is 0.218. The van der Waals surface area contributed by atoms with Crippen LogP contribution >= 0.6 is 11.6 Å². The maximum Gasteiger partial charge on any atom is 0.255 e. The Morgan fingerprint density at radius 3 is 2.23 bits per heavy atom. The number of hydrogen-bond acceptors (Lipinski definition) is 4. The lowest BCUT2D eigenvalue weighted by atomic mass is 10.2. The third-order valence-corrected chi connectivity index (χ3v) is 3.34. The second-order valence-corrected chi connectivity index (χ2v) is 5.71. The summed E-state index contributed by atoms with van der Waals surface area (Å²) in [6, 6.07) is 10.9. The van der Waals surface area contributed by atoms with E-state index in [1.807, 2.05) is 57.4 Å². The Morgan fingerprint density at radius 2 is 1.68 bits per heavy atom. The first-order valence-corrected chi connectivity index (χ1v) is 7.18. The molecule has 1 heterocycles. The third-order valence-electron chi connectivity index (χ3n) is 3.14. The number of halogens is 1. The van der Waals surface area contributed by atoms with Gasteiger partial charge >= 0.3 is 0 Å². The summed E-state index contributed by atoms with van der Waals surface area (Å²) in [6.07, 6.45) is 0. The molecular formula is C16H19ClN4O. The third kappa shape index (κ3) is 3.89. The maximum atomic E-state index is 12.3. The van der Waals surface area contributed by atoms with Crippen molar-refractivity contribution in [1.29, 1.82) is 0 Å². The number of benzene rings is 1. The second-order valence-electron chi connectivity index (χ2n) is 5.33. The fourth-order valence-electron chi connectivity index (χ4n) is 1.89. The van der Waals surface area contributed by atoms with Gasteiger partial charge in [0.2, 0.25) is 0 Å². The average Bonchev–Trinajstić information content (AvgIpc) is 2.47. The number of pyridine rings is 1. The van der Waals surface area contributed by atoms with Crippen LogP contribution in [0.2, 0.25) is 5.15 Å². The van der Waals surface area contributed by atoms with Gasteiger partial charge in [-0.2, -0.15) is 0 Å². The van der Waals surface area contributed by atoms with Crippen LogP contribution in [-0.2, 0) is 0 Å². The van der Waals surface area contributed by atoms with Crippen LogP contribution < -0.4 is 15.1 Å². The molecular weight excluding hydrogens is 300 g/mol. The SMILES string of the molecule is CN(C)c1ccc(NC(=O)c2cc(Cl)nc(N(C)C)c2)cc1. The number of hydrogen-bond donors (Lipinski definition) is 1. The van der Waals surface area contributed by atoms with E-state index in [4.69, 9.17) is 11.6 Å². The summed E-state index contributed by atoms with van der Waals surface area (Å²) in [5.74, 6) is 0.422. The van der Waals surface area contributed by atoms with Gasteiger partial charge in [-0.25, -0.2) is 4.98 Å². The molecule has 5 nitrogen and oxygen atoms in total. The Morgan fingerprint density at radius 1 is 1.05 bits per heavy atom. The largest absolute Gasteiger partial charge is 0.378 e. The molecule has 6 heteroatoms. The van der Waals surface area contributed by atoms with E-state index in [2.05, 4.69) is 10.3 Å². The van der Waals surface area contributed by atoms with Crippen molar-refractivity contribution in [3.8, 4) is 0 Å². The van der Waals surface area contributed by atoms with Crippen LogP contribution in [0.5, 0.6) is 0 Å². The summed E-state index contributed by atoms with van der Waals surface area (Å²) in [5.41, 5.74) is 2.27. The van der Waals surface area contributed by atoms with Gasteiger partial charge in [-0.1, -0.05) is 11.6 Å². The molecule has 1 aromatic heterocycles. The lowest BCUT2D eigenvalue weighted by molar-refractivity contribution is 0.102. The Hall–Kier alpha value is -2.27. The van der Waals surface area contributed by atoms with Crippen LogP contribution in [0.25, 0.3) is 0 Å². The van der Waals surface area contributed by atoms with E-state index in [-0.39, 0.29) is 5.91 Å². The Kier molecular flexibility index (Phi) is 4.88. The highest BCUT2D eigenvalue weighted by Crippen LogP contribution is 2.19. The molecule has 0 bridgehead atoms. The van der Waals surface area contributed by atoms with Crippen molar-refractivity contribution in [2.75, 3.05) is 43.3 Å². The van der Waals surface area contributed by atoms with Crippen LogP contribution in [0.3, 0.4) is 0 Å². The molecule has 116 valence electrons. The standard InChI is InChI=1S/C16H19ClN4O/c1-20(2)13-7-5-12(6-8-13)18-16(22)11-9-14(17)19-15(10-11)21(3)4/h5-10H,1-4H3,(H,18,22). The maximum absolute atomic E-state index is 12.3. The van der Waals surface area contributed by atoms with Gasteiger partial charge in [-0.05, 0) is 36.4 Å². The number of amides is 1. The number of rotatable bonds is 4. The van der Waals surface area contributed by atoms with Gasteiger partial charge in [0.25, 0.3) is 5.91 Å². The smallest absolute Gasteiger partial charge is 0.255 e. The number of aromatic nitrogens is 1. The van der Waals surface area contributed by atoms with Crippen LogP contribution in [0.1, 0.15) is 10.4 Å². The molecule has 0 radical (unpaired) electrons. The molecule has 1 amide bonds. The Balaban J connectivity index is 2.18. The van der Waals surface area contributed by atoms with Crippen molar-refractivity contribution in [3.05, 3.63) is 47.1 Å². The highest BCUT2D eigenvalue weighted by Gasteiger charge is 2.11. The highest BCUT2D eigenvalue weighted by atomic mass is 35.5. The van der Waals surface area contributed by atoms with Gasteiger partial charge in [0, 0.05) is 45.1 Å². The van der Waals surface area contributed by atoms with Gasteiger partial charge in [0.05, 0.1) is 0 Å². The van der Waals surface area contributed by atoms with Crippen molar-refractivity contribution in [3.63, 3.8) is 0 Å². The lowest BCUT2D eigenvalue weighted by Crippen LogP contribution is -2.16. The number of nitrogens with one attached hydrogen (secondary N) is 1. The van der Waals surface area contributed by atoms with Gasteiger partial charge in [-0.15, -0.1) is 0 Å². The van der Waals surface area contributed by atoms with Gasteiger partial charge in [-0.3, -0.25) is 4.79 Å². The predicted molar refractivity (Wildman–Crippen MR) is 92.3 cm³/mol. The second kappa shape index (κ2) is 6.66. The molecule has 0 aliphatic rings. The van der Waals surface area contributed by atoms with E-state index in [1.54, 1.807) is 17.0 Å². The number of anilines is 3. The minimum atomic E-state index is -0.218. The quantitative estimate of drug-likeness (QED) is 0.880. The van der Waals surface area contributed by atoms with E-state index in [1.165, 1.54) is 0 Å². The topological polar surface area (TPSA) is 48.5 Å². The van der Waals surface area contributed by atoms with E-state index in [0.29, 0.717) is 16.5 Å². The molecule has 2 aromatic rings. The zero-order valence-corrected chi connectivity index (χ0v) is 13.8. The van der Waals surface area contributed by atoms with Crippen molar-refractivity contribution >= 4 is 34.7 Å². The molecule has 0 aliphatic heterocycles. The highest BCUT2D eigenvalue weighted by molar-refractivity contribution is 6.30. The van der Waals surface area contributed by atoms with Gasteiger partial charge in [0.15, 0.2) is 0 Å². The van der Waals surface area contributed by atoms with Crippen LogP contribution in [-0.4, -0.2) is 39.1 Å². The fourth-order valence-corrected chi connectivity index (χ4v) is 2.09. The first-order valence-electron chi connectivity index (χ1n) is 6.80. The molecule has 1 N–H and O–H groups in total. The number of carbonyl (C=O) groups is 1. The van der Waals surface area contributed by atoms with E-state index in [9.17, 15) is 4.79 Å². The zero-order valence-electron chi connectivity index (χ0n) is 13.1. The Bertz CT molecular complexity index is 668. The molecule has 0 saturated carbocycles. The lowest BCUT2D eigenvalue weighted by Gasteiger charge is -2.14. The van der Waals surface area contributed by atoms with Crippen molar-refractivity contribution in [2.45, 2.75) is 0 Å². The molecule has 0 saturated heterocycles. The summed E-state index contributed by atoms with van der Waals surface area (Å²) in [4.78, 5) is 20.3. The molecule has 0 unspecified atom stereocenters. The van der Waals surface area contributed by atoms with Crippen molar-refractivity contribution in [2.24, 2.45) is 0 Å². The fraction of sp³-hybridized carbons (Fsp3) is 0.250. The minimum Gasteiger partial charge on any atom is -0.378 e. The van der Waals surface area contributed by atoms with E-state index in [0.717, 1.165) is 11.4 Å². The molecule has 2 rings (SSSR count). The molecule has 0 atom stereocenters. The van der Waals surface area contributed by atoms with Gasteiger partial charge < -0.3 is 15.1 Å². The zero-order chi connectivity index (χ0) is 16.3. The Labute approximate surface area is 135 Å². The predicted octanol–water partition coefficient (Wildman–Crippen LogP) is 3.12. The molecule has 0 fully saturated rings. The summed E-state index contributed by atoms with van der Waals surface area (Å²) < 4.78 is 0. The van der Waals surface area contributed by atoms with Crippen LogP contribution in [0, 0.1) is 0 Å². The average molecular weight is 319 g/mol. The summed E-state index contributed by atoms with van der Waals surface area (Å²) in [7, 11) is 7.63. The monoisotopic (exact) mass is 318 g/mol. The number of carbonyl (C=O) groups excluding carboxylic acids is 1. The molecule has 1 aromatic carbocycles. The molecule has 22 heavy (non-hydrogen) atoms. The molecule has 0 aliphatic carbocycles. The van der Waals surface area contributed by atoms with Crippen molar-refractivity contribution in [1.82, 2.24) is 4.98 Å². The van der Waals surface area contributed by atoms with Crippen LogP contribution in [0.4, 0.5) is 17.2 Å². The van der Waals surface area contributed by atoms with E-state index < -0.39 is 0 Å².